The molecule has 2 aliphatic carbocycles. The molecule has 3 fully saturated rings. The Hall–Kier alpha value is -0.570. The largest absolute Gasteiger partial charge is 0.378 e. The first kappa shape index (κ1) is 15.3. The fourth-order valence-electron chi connectivity index (χ4n) is 5.81. The minimum Gasteiger partial charge on any atom is -0.378 e. The van der Waals surface area contributed by atoms with Gasteiger partial charge in [0.15, 0.2) is 0 Å². The molecule has 1 amide bonds. The highest BCUT2D eigenvalue weighted by Crippen LogP contribution is 2.68. The number of rotatable bonds is 3. The average Bonchev–Trinajstić information content (AvgIpc) is 2.83. The number of amides is 1. The monoisotopic (exact) mass is 293 g/mol. The maximum atomic E-state index is 11.8. The van der Waals surface area contributed by atoms with Crippen LogP contribution in [0.5, 0.6) is 0 Å². The Balaban J connectivity index is 1.90. The van der Waals surface area contributed by atoms with Gasteiger partial charge in [0, 0.05) is 19.6 Å². The van der Waals surface area contributed by atoms with E-state index in [9.17, 15) is 4.79 Å². The summed E-state index contributed by atoms with van der Waals surface area (Å²) in [6.45, 7) is 11.8. The Bertz CT molecular complexity index is 431. The van der Waals surface area contributed by atoms with Gasteiger partial charge in [-0.15, -0.1) is 0 Å². The lowest BCUT2D eigenvalue weighted by Gasteiger charge is -2.53. The standard InChI is InChI=1S/C18H31NO2/c1-11(2)8-15-14-9-13-10-18(14,6-7-21-15)16(17(13,4)5)19-12(3)20/h11,13-16H,6-10H2,1-5H3,(H,19,20)/t13-,14-,15-,16+,18?/m1/s1. The molecule has 1 heterocycles. The smallest absolute Gasteiger partial charge is 0.217 e. The highest BCUT2D eigenvalue weighted by Gasteiger charge is 2.68. The van der Waals surface area contributed by atoms with Crippen LogP contribution in [-0.2, 0) is 9.53 Å². The summed E-state index contributed by atoms with van der Waals surface area (Å²) in [7, 11) is 0. The summed E-state index contributed by atoms with van der Waals surface area (Å²) >= 11 is 0. The number of fused-ring (bicyclic) bond motifs is 1. The van der Waals surface area contributed by atoms with E-state index in [0.29, 0.717) is 24.0 Å². The minimum atomic E-state index is 0.126. The number of carbonyl (C=O) groups is 1. The van der Waals surface area contributed by atoms with Gasteiger partial charge in [0.2, 0.25) is 5.91 Å². The van der Waals surface area contributed by atoms with Crippen LogP contribution in [0, 0.1) is 28.6 Å². The zero-order valence-electron chi connectivity index (χ0n) is 14.2. The van der Waals surface area contributed by atoms with Gasteiger partial charge in [-0.2, -0.15) is 0 Å². The fourth-order valence-corrected chi connectivity index (χ4v) is 5.81. The van der Waals surface area contributed by atoms with Crippen LogP contribution in [0.4, 0.5) is 0 Å². The van der Waals surface area contributed by atoms with Crippen LogP contribution in [0.3, 0.4) is 0 Å². The molecule has 2 bridgehead atoms. The zero-order chi connectivity index (χ0) is 15.4. The van der Waals surface area contributed by atoms with E-state index >= 15 is 0 Å². The number of carbonyl (C=O) groups excluding carboxylic acids is 1. The number of nitrogens with one attached hydrogen (secondary N) is 1. The third kappa shape index (κ3) is 2.23. The molecule has 3 heteroatoms. The Morgan fingerprint density at radius 2 is 2.10 bits per heavy atom. The van der Waals surface area contributed by atoms with Crippen molar-refractivity contribution in [3.63, 3.8) is 0 Å². The molecule has 1 saturated heterocycles. The number of hydrogen-bond donors (Lipinski definition) is 1. The van der Waals surface area contributed by atoms with Crippen molar-refractivity contribution in [3.8, 4) is 0 Å². The SMILES string of the molecule is CC(=O)N[C@H]1C(C)(C)[C@@H]2C[C@@H]3[C@@H](CC(C)C)OCCC31C2. The molecule has 3 nitrogen and oxygen atoms in total. The van der Waals surface area contributed by atoms with Crippen LogP contribution in [-0.4, -0.2) is 24.7 Å². The molecule has 120 valence electrons. The Labute approximate surface area is 129 Å². The molecule has 2 saturated carbocycles. The topological polar surface area (TPSA) is 38.3 Å². The molecule has 5 atom stereocenters. The summed E-state index contributed by atoms with van der Waals surface area (Å²) in [5.41, 5.74) is 0.513. The highest BCUT2D eigenvalue weighted by molar-refractivity contribution is 5.73. The van der Waals surface area contributed by atoms with E-state index in [-0.39, 0.29) is 16.7 Å². The summed E-state index contributed by atoms with van der Waals surface area (Å²) in [4.78, 5) is 11.8. The molecule has 1 aliphatic heterocycles. The summed E-state index contributed by atoms with van der Waals surface area (Å²) < 4.78 is 6.16. The molecular formula is C18H31NO2. The van der Waals surface area contributed by atoms with Crippen molar-refractivity contribution in [2.45, 2.75) is 72.4 Å². The van der Waals surface area contributed by atoms with Crippen molar-refractivity contribution >= 4 is 5.91 Å². The minimum absolute atomic E-state index is 0.126. The first-order valence-electron chi connectivity index (χ1n) is 8.66. The lowest BCUT2D eigenvalue weighted by atomic mass is 9.59. The van der Waals surface area contributed by atoms with Crippen molar-refractivity contribution in [2.75, 3.05) is 6.61 Å². The van der Waals surface area contributed by atoms with E-state index in [4.69, 9.17) is 4.74 Å². The van der Waals surface area contributed by atoms with Crippen molar-refractivity contribution < 1.29 is 9.53 Å². The molecule has 1 unspecified atom stereocenters. The van der Waals surface area contributed by atoms with E-state index < -0.39 is 0 Å². The zero-order valence-corrected chi connectivity index (χ0v) is 14.2. The number of hydrogen-bond acceptors (Lipinski definition) is 2. The molecular weight excluding hydrogens is 262 g/mol. The van der Waals surface area contributed by atoms with Gasteiger partial charge in [-0.3, -0.25) is 4.79 Å². The van der Waals surface area contributed by atoms with E-state index in [2.05, 4.69) is 33.0 Å². The second-order valence-electron chi connectivity index (χ2n) is 8.72. The van der Waals surface area contributed by atoms with Gasteiger partial charge in [0.1, 0.15) is 0 Å². The van der Waals surface area contributed by atoms with E-state index in [0.717, 1.165) is 25.4 Å². The van der Waals surface area contributed by atoms with Gasteiger partial charge in [-0.1, -0.05) is 27.7 Å². The predicted octanol–water partition coefficient (Wildman–Crippen LogP) is 3.38. The summed E-state index contributed by atoms with van der Waals surface area (Å²) in [5.74, 6) is 2.18. The lowest BCUT2D eigenvalue weighted by molar-refractivity contribution is -0.137. The third-order valence-corrected chi connectivity index (χ3v) is 6.67. The average molecular weight is 293 g/mol. The van der Waals surface area contributed by atoms with Crippen molar-refractivity contribution in [3.05, 3.63) is 0 Å². The van der Waals surface area contributed by atoms with Gasteiger partial charge in [0.05, 0.1) is 6.10 Å². The van der Waals surface area contributed by atoms with Crippen LogP contribution in [0.15, 0.2) is 0 Å². The molecule has 0 aromatic carbocycles. The van der Waals surface area contributed by atoms with E-state index in [1.165, 1.54) is 12.8 Å². The Morgan fingerprint density at radius 3 is 2.71 bits per heavy atom. The van der Waals surface area contributed by atoms with Crippen LogP contribution in [0.25, 0.3) is 0 Å². The molecule has 0 aromatic heterocycles. The summed E-state index contributed by atoms with van der Waals surface area (Å²) in [5, 5.41) is 3.33. The molecule has 3 rings (SSSR count). The summed E-state index contributed by atoms with van der Waals surface area (Å²) in [6, 6.07) is 0.324. The van der Waals surface area contributed by atoms with Crippen LogP contribution < -0.4 is 5.32 Å². The Kier molecular flexibility index (Phi) is 3.63. The molecule has 1 N–H and O–H groups in total. The first-order chi connectivity index (χ1) is 9.77. The lowest BCUT2D eigenvalue weighted by Crippen LogP contribution is -2.60. The van der Waals surface area contributed by atoms with Crippen LogP contribution in [0.1, 0.15) is 60.3 Å². The highest BCUT2D eigenvalue weighted by atomic mass is 16.5. The predicted molar refractivity (Wildman–Crippen MR) is 83.8 cm³/mol. The van der Waals surface area contributed by atoms with E-state index in [1.807, 2.05) is 0 Å². The Morgan fingerprint density at radius 1 is 1.38 bits per heavy atom. The second-order valence-corrected chi connectivity index (χ2v) is 8.72. The first-order valence-corrected chi connectivity index (χ1v) is 8.66. The molecule has 21 heavy (non-hydrogen) atoms. The van der Waals surface area contributed by atoms with Gasteiger partial charge >= 0.3 is 0 Å². The van der Waals surface area contributed by atoms with Gasteiger partial charge < -0.3 is 10.1 Å². The second kappa shape index (κ2) is 4.97. The molecule has 1 spiro atoms. The molecule has 0 aromatic rings. The van der Waals surface area contributed by atoms with E-state index in [1.54, 1.807) is 6.92 Å². The van der Waals surface area contributed by atoms with Crippen LogP contribution >= 0.6 is 0 Å². The normalized spacial score (nSPS) is 43.9. The third-order valence-electron chi connectivity index (χ3n) is 6.67. The van der Waals surface area contributed by atoms with Gasteiger partial charge in [-0.25, -0.2) is 0 Å². The fraction of sp³-hybridized carbons (Fsp3) is 0.944. The van der Waals surface area contributed by atoms with Crippen LogP contribution in [0.2, 0.25) is 0 Å². The summed E-state index contributed by atoms with van der Waals surface area (Å²) in [6.07, 6.45) is 5.26. The van der Waals surface area contributed by atoms with Gasteiger partial charge in [-0.05, 0) is 54.3 Å². The maximum Gasteiger partial charge on any atom is 0.217 e. The molecule has 3 aliphatic rings. The maximum absolute atomic E-state index is 11.8. The van der Waals surface area contributed by atoms with Crippen molar-refractivity contribution in [2.24, 2.45) is 28.6 Å². The molecule has 0 radical (unpaired) electrons. The van der Waals surface area contributed by atoms with Crippen molar-refractivity contribution in [1.29, 1.82) is 0 Å². The number of ether oxygens (including phenoxy) is 1. The van der Waals surface area contributed by atoms with Gasteiger partial charge in [0.25, 0.3) is 0 Å². The van der Waals surface area contributed by atoms with Crippen molar-refractivity contribution in [1.82, 2.24) is 5.32 Å². The quantitative estimate of drug-likeness (QED) is 0.866.